The predicted molar refractivity (Wildman–Crippen MR) is 103 cm³/mol. The summed E-state index contributed by atoms with van der Waals surface area (Å²) in [5.41, 5.74) is 0. The molecule has 0 bridgehead atoms. The Balaban J connectivity index is 3.51. The maximum absolute atomic E-state index is 11.7. The molecule has 1 unspecified atom stereocenters. The lowest BCUT2D eigenvalue weighted by Crippen LogP contribution is -2.24. The highest BCUT2D eigenvalue weighted by Gasteiger charge is 2.23. The number of unbranched alkanes of at least 4 members (excludes halogenated alkanes) is 8. The highest BCUT2D eigenvalue weighted by Crippen LogP contribution is 2.16. The van der Waals surface area contributed by atoms with Gasteiger partial charge in [0.1, 0.15) is 11.7 Å². The molecular weight excluding hydrogens is 332 g/mol. The van der Waals surface area contributed by atoms with E-state index in [-0.39, 0.29) is 17.7 Å². The van der Waals surface area contributed by atoms with Gasteiger partial charge in [-0.2, -0.15) is 0 Å². The van der Waals surface area contributed by atoms with Crippen LogP contribution in [0.4, 0.5) is 0 Å². The van der Waals surface area contributed by atoms with E-state index in [9.17, 15) is 14.4 Å². The first-order valence-electron chi connectivity index (χ1n) is 10.4. The van der Waals surface area contributed by atoms with E-state index in [0.29, 0.717) is 26.1 Å². The van der Waals surface area contributed by atoms with Crippen molar-refractivity contribution in [1.82, 2.24) is 0 Å². The topological polar surface area (TPSA) is 69.7 Å². The molecule has 0 heterocycles. The van der Waals surface area contributed by atoms with Crippen molar-refractivity contribution in [2.75, 3.05) is 13.2 Å². The molecule has 152 valence electrons. The van der Waals surface area contributed by atoms with Crippen LogP contribution in [0.5, 0.6) is 0 Å². The quantitative estimate of drug-likeness (QED) is 0.205. The highest BCUT2D eigenvalue weighted by molar-refractivity contribution is 5.97. The van der Waals surface area contributed by atoms with Gasteiger partial charge in [-0.25, -0.2) is 0 Å². The van der Waals surface area contributed by atoms with Gasteiger partial charge in [-0.15, -0.1) is 0 Å². The maximum Gasteiger partial charge on any atom is 0.316 e. The highest BCUT2D eigenvalue weighted by atomic mass is 16.5. The molecule has 5 nitrogen and oxygen atoms in total. The van der Waals surface area contributed by atoms with Gasteiger partial charge in [0.05, 0.1) is 13.2 Å². The van der Waals surface area contributed by atoms with Gasteiger partial charge in [-0.3, -0.25) is 14.4 Å². The summed E-state index contributed by atoms with van der Waals surface area (Å²) in [6.07, 6.45) is 11.6. The molecule has 0 aromatic heterocycles. The first-order chi connectivity index (χ1) is 12.5. The molecule has 0 aromatic rings. The Bertz CT molecular complexity index is 392. The summed E-state index contributed by atoms with van der Waals surface area (Å²) in [5, 5.41) is 0. The lowest BCUT2D eigenvalue weighted by molar-refractivity contribution is -0.151. The zero-order valence-corrected chi connectivity index (χ0v) is 17.0. The van der Waals surface area contributed by atoms with Gasteiger partial charge in [-0.1, -0.05) is 58.3 Å². The molecule has 1 atom stereocenters. The van der Waals surface area contributed by atoms with Crippen molar-refractivity contribution in [1.29, 1.82) is 0 Å². The summed E-state index contributed by atoms with van der Waals surface area (Å²) in [6.45, 7) is 6.16. The second-order valence-electron chi connectivity index (χ2n) is 6.86. The molecule has 0 fully saturated rings. The largest absolute Gasteiger partial charge is 0.466 e. The van der Waals surface area contributed by atoms with E-state index < -0.39 is 5.92 Å². The fourth-order valence-electron chi connectivity index (χ4n) is 2.81. The number of carbonyl (C=O) groups excluding carboxylic acids is 3. The maximum atomic E-state index is 11.7. The summed E-state index contributed by atoms with van der Waals surface area (Å²) < 4.78 is 10.1. The average molecular weight is 371 g/mol. The van der Waals surface area contributed by atoms with Crippen molar-refractivity contribution < 1.29 is 23.9 Å². The number of rotatable bonds is 17. The van der Waals surface area contributed by atoms with E-state index >= 15 is 0 Å². The lowest BCUT2D eigenvalue weighted by atomic mass is 9.97. The third-order valence-corrected chi connectivity index (χ3v) is 4.45. The molecule has 0 aliphatic heterocycles. The van der Waals surface area contributed by atoms with Crippen LogP contribution in [-0.4, -0.2) is 30.9 Å². The number of ether oxygens (including phenoxy) is 2. The van der Waals surface area contributed by atoms with Gasteiger partial charge < -0.3 is 9.47 Å². The van der Waals surface area contributed by atoms with Crippen LogP contribution in [0, 0.1) is 5.92 Å². The van der Waals surface area contributed by atoms with Gasteiger partial charge in [-0.05, 0) is 33.1 Å². The van der Waals surface area contributed by atoms with Crippen LogP contribution in [0.2, 0.25) is 0 Å². The molecule has 5 heteroatoms. The molecule has 0 spiro atoms. The predicted octanol–water partition coefficient (Wildman–Crippen LogP) is 5.00. The van der Waals surface area contributed by atoms with Gasteiger partial charge in [0.2, 0.25) is 0 Å². The first-order valence-corrected chi connectivity index (χ1v) is 10.4. The Hall–Kier alpha value is -1.39. The monoisotopic (exact) mass is 370 g/mol. The van der Waals surface area contributed by atoms with E-state index in [0.717, 1.165) is 57.8 Å². The molecule has 0 amide bonds. The number of Topliss-reactive ketones (excluding diaryl/α,β-unsaturated/α-hetero) is 1. The lowest BCUT2D eigenvalue weighted by Gasteiger charge is -2.12. The fourth-order valence-corrected chi connectivity index (χ4v) is 2.81. The fraction of sp³-hybridized carbons (Fsp3) is 0.857. The standard InChI is InChI=1S/C21H38O5/c1-4-6-17-26-20(23)16-14-12-10-8-7-9-11-13-15-19(18(3)22)21(24)25-5-2/h19H,4-17H2,1-3H3. The molecule has 0 rings (SSSR count). The third kappa shape index (κ3) is 13.9. The molecule has 0 aliphatic rings. The summed E-state index contributed by atoms with van der Waals surface area (Å²) in [7, 11) is 0. The Morgan fingerprint density at radius 1 is 0.769 bits per heavy atom. The van der Waals surface area contributed by atoms with Crippen molar-refractivity contribution in [2.24, 2.45) is 5.92 Å². The number of hydrogen-bond donors (Lipinski definition) is 0. The summed E-state index contributed by atoms with van der Waals surface area (Å²) in [6, 6.07) is 0. The summed E-state index contributed by atoms with van der Waals surface area (Å²) in [5.74, 6) is -1.14. The van der Waals surface area contributed by atoms with E-state index in [1.165, 1.54) is 13.3 Å². The van der Waals surface area contributed by atoms with Crippen LogP contribution in [-0.2, 0) is 23.9 Å². The molecule has 26 heavy (non-hydrogen) atoms. The van der Waals surface area contributed by atoms with Crippen LogP contribution in [0.3, 0.4) is 0 Å². The van der Waals surface area contributed by atoms with Gasteiger partial charge in [0.15, 0.2) is 0 Å². The van der Waals surface area contributed by atoms with E-state index in [1.54, 1.807) is 6.92 Å². The molecule has 0 radical (unpaired) electrons. The molecule has 0 aliphatic carbocycles. The molecular formula is C21H38O5. The normalized spacial score (nSPS) is 11.8. The SMILES string of the molecule is CCCCOC(=O)CCCCCCCCCCC(C(C)=O)C(=O)OCC. The minimum atomic E-state index is -0.591. The zero-order chi connectivity index (χ0) is 19.6. The van der Waals surface area contributed by atoms with Gasteiger partial charge in [0.25, 0.3) is 0 Å². The Morgan fingerprint density at radius 3 is 1.88 bits per heavy atom. The second kappa shape index (κ2) is 17.0. The minimum absolute atomic E-state index is 0.0694. The Kier molecular flexibility index (Phi) is 16.1. The van der Waals surface area contributed by atoms with Crippen molar-refractivity contribution in [2.45, 2.75) is 97.8 Å². The van der Waals surface area contributed by atoms with Gasteiger partial charge >= 0.3 is 11.9 Å². The molecule has 0 N–H and O–H groups in total. The van der Waals surface area contributed by atoms with Crippen LogP contribution >= 0.6 is 0 Å². The smallest absolute Gasteiger partial charge is 0.316 e. The number of ketones is 1. The number of hydrogen-bond acceptors (Lipinski definition) is 5. The van der Waals surface area contributed by atoms with E-state index in [1.807, 2.05) is 0 Å². The first kappa shape index (κ1) is 24.6. The average Bonchev–Trinajstić information content (AvgIpc) is 2.59. The van der Waals surface area contributed by atoms with Crippen LogP contribution in [0.1, 0.15) is 97.8 Å². The van der Waals surface area contributed by atoms with Crippen molar-refractivity contribution in [3.05, 3.63) is 0 Å². The van der Waals surface area contributed by atoms with Crippen molar-refractivity contribution >= 4 is 17.7 Å². The third-order valence-electron chi connectivity index (χ3n) is 4.45. The molecule has 0 saturated heterocycles. The second-order valence-corrected chi connectivity index (χ2v) is 6.86. The van der Waals surface area contributed by atoms with Crippen molar-refractivity contribution in [3.8, 4) is 0 Å². The Labute approximate surface area is 159 Å². The number of carbonyl (C=O) groups is 3. The van der Waals surface area contributed by atoms with E-state index in [4.69, 9.17) is 9.47 Å². The van der Waals surface area contributed by atoms with Crippen LogP contribution < -0.4 is 0 Å². The zero-order valence-electron chi connectivity index (χ0n) is 17.0. The molecule has 0 aromatic carbocycles. The molecule has 0 saturated carbocycles. The minimum Gasteiger partial charge on any atom is -0.466 e. The van der Waals surface area contributed by atoms with Crippen LogP contribution in [0.25, 0.3) is 0 Å². The number of esters is 2. The van der Waals surface area contributed by atoms with E-state index in [2.05, 4.69) is 6.92 Å². The Morgan fingerprint density at radius 2 is 1.35 bits per heavy atom. The van der Waals surface area contributed by atoms with Gasteiger partial charge in [0, 0.05) is 6.42 Å². The summed E-state index contributed by atoms with van der Waals surface area (Å²) in [4.78, 5) is 34.6. The van der Waals surface area contributed by atoms with Crippen molar-refractivity contribution in [3.63, 3.8) is 0 Å². The van der Waals surface area contributed by atoms with Crippen LogP contribution in [0.15, 0.2) is 0 Å². The summed E-state index contributed by atoms with van der Waals surface area (Å²) >= 11 is 0.